The molecule has 0 spiro atoms. The van der Waals surface area contributed by atoms with Gasteiger partial charge in [-0.05, 0) is 47.1 Å². The summed E-state index contributed by atoms with van der Waals surface area (Å²) in [5, 5.41) is 3.45. The third kappa shape index (κ3) is 11.7. The van der Waals surface area contributed by atoms with Crippen LogP contribution in [0.1, 0.15) is 40.5 Å². The first-order valence-corrected chi connectivity index (χ1v) is 5.50. The van der Waals surface area contributed by atoms with Gasteiger partial charge in [-0.1, -0.05) is 12.2 Å². The van der Waals surface area contributed by atoms with E-state index in [0.29, 0.717) is 0 Å². The maximum atomic E-state index is 5.39. The standard InChI is InChI=1S/C12H25NO/c1-5-6-10-14-11-8-7-9-13-12(2,3)4/h5-6,13H,7-11H2,1-4H3. The lowest BCUT2D eigenvalue weighted by Crippen LogP contribution is -2.36. The van der Waals surface area contributed by atoms with Crippen molar-refractivity contribution < 1.29 is 4.74 Å². The molecule has 0 atom stereocenters. The van der Waals surface area contributed by atoms with Crippen molar-refractivity contribution in [1.82, 2.24) is 5.32 Å². The van der Waals surface area contributed by atoms with E-state index in [1.54, 1.807) is 0 Å². The second-order valence-corrected chi connectivity index (χ2v) is 4.53. The first kappa shape index (κ1) is 13.7. The maximum absolute atomic E-state index is 5.39. The molecule has 0 saturated carbocycles. The van der Waals surface area contributed by atoms with E-state index in [-0.39, 0.29) is 5.54 Å². The number of ether oxygens (including phenoxy) is 1. The van der Waals surface area contributed by atoms with Gasteiger partial charge < -0.3 is 10.1 Å². The molecule has 0 rings (SSSR count). The Morgan fingerprint density at radius 3 is 2.50 bits per heavy atom. The Morgan fingerprint density at radius 2 is 1.93 bits per heavy atom. The van der Waals surface area contributed by atoms with E-state index in [1.807, 2.05) is 19.1 Å². The zero-order chi connectivity index (χ0) is 10.9. The van der Waals surface area contributed by atoms with Crippen molar-refractivity contribution in [1.29, 1.82) is 0 Å². The summed E-state index contributed by atoms with van der Waals surface area (Å²) in [6, 6.07) is 0. The minimum Gasteiger partial charge on any atom is -0.377 e. The van der Waals surface area contributed by atoms with E-state index in [0.717, 1.165) is 26.2 Å². The number of nitrogens with one attached hydrogen (secondary N) is 1. The second kappa shape index (κ2) is 8.01. The zero-order valence-electron chi connectivity index (χ0n) is 10.1. The van der Waals surface area contributed by atoms with Gasteiger partial charge in [-0.3, -0.25) is 0 Å². The Labute approximate surface area is 88.7 Å². The maximum Gasteiger partial charge on any atom is 0.0647 e. The van der Waals surface area contributed by atoms with Crippen LogP contribution in [0.15, 0.2) is 12.2 Å². The van der Waals surface area contributed by atoms with E-state index in [1.165, 1.54) is 6.42 Å². The molecule has 0 amide bonds. The van der Waals surface area contributed by atoms with Crippen LogP contribution in [0.4, 0.5) is 0 Å². The number of hydrogen-bond donors (Lipinski definition) is 1. The predicted octanol–water partition coefficient (Wildman–Crippen LogP) is 2.75. The Balaban J connectivity index is 3.07. The summed E-state index contributed by atoms with van der Waals surface area (Å²) in [5.41, 5.74) is 0.242. The van der Waals surface area contributed by atoms with Crippen LogP contribution in [0.5, 0.6) is 0 Å². The van der Waals surface area contributed by atoms with Gasteiger partial charge in [0.25, 0.3) is 0 Å². The van der Waals surface area contributed by atoms with Crippen LogP contribution in [0, 0.1) is 0 Å². The molecule has 0 aromatic rings. The van der Waals surface area contributed by atoms with Crippen molar-refractivity contribution in [3.05, 3.63) is 12.2 Å². The van der Waals surface area contributed by atoms with Crippen LogP contribution in [0.2, 0.25) is 0 Å². The van der Waals surface area contributed by atoms with Crippen LogP contribution >= 0.6 is 0 Å². The molecule has 0 saturated heterocycles. The van der Waals surface area contributed by atoms with Crippen molar-refractivity contribution in [2.75, 3.05) is 19.8 Å². The fourth-order valence-corrected chi connectivity index (χ4v) is 1.04. The molecule has 0 aromatic heterocycles. The molecule has 1 N–H and O–H groups in total. The molecule has 84 valence electrons. The summed E-state index contributed by atoms with van der Waals surface area (Å²) in [5.74, 6) is 0. The van der Waals surface area contributed by atoms with Crippen LogP contribution in [-0.4, -0.2) is 25.3 Å². The average Bonchev–Trinajstić information content (AvgIpc) is 2.08. The first-order valence-electron chi connectivity index (χ1n) is 5.50. The Hall–Kier alpha value is -0.340. The number of rotatable bonds is 7. The normalized spacial score (nSPS) is 12.6. The van der Waals surface area contributed by atoms with Gasteiger partial charge in [0, 0.05) is 12.1 Å². The lowest BCUT2D eigenvalue weighted by molar-refractivity contribution is 0.157. The van der Waals surface area contributed by atoms with E-state index in [4.69, 9.17) is 4.74 Å². The van der Waals surface area contributed by atoms with Crippen LogP contribution in [0.3, 0.4) is 0 Å². The molecule has 0 aromatic carbocycles. The molecule has 0 unspecified atom stereocenters. The highest BCUT2D eigenvalue weighted by Crippen LogP contribution is 1.99. The molecule has 2 nitrogen and oxygen atoms in total. The summed E-state index contributed by atoms with van der Waals surface area (Å²) < 4.78 is 5.39. The van der Waals surface area contributed by atoms with Crippen molar-refractivity contribution in [2.24, 2.45) is 0 Å². The number of allylic oxidation sites excluding steroid dienone is 1. The summed E-state index contributed by atoms with van der Waals surface area (Å²) in [6.45, 7) is 11.3. The molecule has 14 heavy (non-hydrogen) atoms. The van der Waals surface area contributed by atoms with Gasteiger partial charge >= 0.3 is 0 Å². The molecule has 0 aliphatic carbocycles. The molecular formula is C12H25NO. The van der Waals surface area contributed by atoms with Gasteiger partial charge in [-0.2, -0.15) is 0 Å². The fraction of sp³-hybridized carbons (Fsp3) is 0.833. The second-order valence-electron chi connectivity index (χ2n) is 4.53. The third-order valence-corrected chi connectivity index (χ3v) is 1.82. The molecular weight excluding hydrogens is 174 g/mol. The van der Waals surface area contributed by atoms with Gasteiger partial charge in [0.1, 0.15) is 0 Å². The highest BCUT2D eigenvalue weighted by molar-refractivity contribution is 4.75. The molecule has 0 aliphatic rings. The summed E-state index contributed by atoms with van der Waals surface area (Å²) in [7, 11) is 0. The van der Waals surface area contributed by atoms with Gasteiger partial charge in [0.05, 0.1) is 6.61 Å². The van der Waals surface area contributed by atoms with Crippen LogP contribution < -0.4 is 5.32 Å². The first-order chi connectivity index (χ1) is 6.56. The smallest absolute Gasteiger partial charge is 0.0647 e. The van der Waals surface area contributed by atoms with Gasteiger partial charge in [0.2, 0.25) is 0 Å². The van der Waals surface area contributed by atoms with Crippen LogP contribution in [0.25, 0.3) is 0 Å². The third-order valence-electron chi connectivity index (χ3n) is 1.82. The Bertz CT molecular complexity index is 147. The quantitative estimate of drug-likeness (QED) is 0.503. The Kier molecular flexibility index (Phi) is 7.81. The molecule has 0 heterocycles. The number of hydrogen-bond acceptors (Lipinski definition) is 2. The van der Waals surface area contributed by atoms with Gasteiger partial charge in [-0.15, -0.1) is 0 Å². The minimum absolute atomic E-state index is 0.242. The largest absolute Gasteiger partial charge is 0.377 e. The fourth-order valence-electron chi connectivity index (χ4n) is 1.04. The minimum atomic E-state index is 0.242. The topological polar surface area (TPSA) is 21.3 Å². The van der Waals surface area contributed by atoms with Crippen molar-refractivity contribution >= 4 is 0 Å². The highest BCUT2D eigenvalue weighted by Gasteiger charge is 2.06. The molecule has 0 radical (unpaired) electrons. The SMILES string of the molecule is CC=CCOCCCCNC(C)(C)C. The van der Waals surface area contributed by atoms with Crippen LogP contribution in [-0.2, 0) is 4.74 Å². The molecule has 0 aliphatic heterocycles. The molecule has 2 heteroatoms. The lowest BCUT2D eigenvalue weighted by atomic mass is 10.1. The summed E-state index contributed by atoms with van der Waals surface area (Å²) >= 11 is 0. The van der Waals surface area contributed by atoms with E-state index in [2.05, 4.69) is 26.1 Å². The Morgan fingerprint density at radius 1 is 1.21 bits per heavy atom. The van der Waals surface area contributed by atoms with Gasteiger partial charge in [0.15, 0.2) is 0 Å². The van der Waals surface area contributed by atoms with E-state index >= 15 is 0 Å². The van der Waals surface area contributed by atoms with Crippen molar-refractivity contribution in [3.8, 4) is 0 Å². The molecule has 0 bridgehead atoms. The number of unbranched alkanes of at least 4 members (excludes halogenated alkanes) is 1. The average molecular weight is 199 g/mol. The van der Waals surface area contributed by atoms with E-state index in [9.17, 15) is 0 Å². The van der Waals surface area contributed by atoms with Crippen molar-refractivity contribution in [3.63, 3.8) is 0 Å². The van der Waals surface area contributed by atoms with Gasteiger partial charge in [-0.25, -0.2) is 0 Å². The zero-order valence-corrected chi connectivity index (χ0v) is 10.1. The highest BCUT2D eigenvalue weighted by atomic mass is 16.5. The monoisotopic (exact) mass is 199 g/mol. The summed E-state index contributed by atoms with van der Waals surface area (Å²) in [4.78, 5) is 0. The van der Waals surface area contributed by atoms with E-state index < -0.39 is 0 Å². The predicted molar refractivity (Wildman–Crippen MR) is 62.6 cm³/mol. The van der Waals surface area contributed by atoms with Crippen molar-refractivity contribution in [2.45, 2.75) is 46.1 Å². The summed E-state index contributed by atoms with van der Waals surface area (Å²) in [6.07, 6.45) is 6.38. The lowest BCUT2D eigenvalue weighted by Gasteiger charge is -2.20. The molecule has 0 fully saturated rings.